The third-order valence-corrected chi connectivity index (χ3v) is 3.30. The van der Waals surface area contributed by atoms with Gasteiger partial charge >= 0.3 is 0 Å². The van der Waals surface area contributed by atoms with E-state index in [4.69, 9.17) is 0 Å². The van der Waals surface area contributed by atoms with Crippen molar-refractivity contribution in [3.05, 3.63) is 35.3 Å². The Kier molecular flexibility index (Phi) is 4.39. The summed E-state index contributed by atoms with van der Waals surface area (Å²) in [5.74, 6) is -0.0562. The van der Waals surface area contributed by atoms with Crippen molar-refractivity contribution in [3.63, 3.8) is 0 Å². The number of nitrogens with one attached hydrogen (secondary N) is 1. The molecule has 0 aliphatic carbocycles. The van der Waals surface area contributed by atoms with E-state index < -0.39 is 0 Å². The van der Waals surface area contributed by atoms with Crippen LogP contribution in [0.1, 0.15) is 28.2 Å². The fourth-order valence-electron chi connectivity index (χ4n) is 2.27. The van der Waals surface area contributed by atoms with E-state index >= 15 is 0 Å². The number of rotatable bonds is 5. The number of pyridine rings is 1. The number of imidazole rings is 1. The van der Waals surface area contributed by atoms with Crippen LogP contribution in [-0.2, 0) is 0 Å². The predicted octanol–water partition coefficient (Wildman–Crippen LogP) is 1.63. The average Bonchev–Trinajstić information content (AvgIpc) is 2.72. The van der Waals surface area contributed by atoms with E-state index in [1.807, 2.05) is 50.7 Å². The SMILES string of the molecule is Cc1nc2c(C)cccn2c1C(=O)NCCCN(C)C. The molecule has 2 heterocycles. The molecule has 0 spiro atoms. The van der Waals surface area contributed by atoms with Crippen LogP contribution in [-0.4, -0.2) is 47.4 Å². The van der Waals surface area contributed by atoms with Gasteiger partial charge in [0.05, 0.1) is 5.69 Å². The molecule has 1 N–H and O–H groups in total. The minimum absolute atomic E-state index is 0.0562. The zero-order valence-electron chi connectivity index (χ0n) is 12.6. The van der Waals surface area contributed by atoms with Crippen molar-refractivity contribution >= 4 is 11.6 Å². The van der Waals surface area contributed by atoms with Gasteiger partial charge in [-0.2, -0.15) is 0 Å². The summed E-state index contributed by atoms with van der Waals surface area (Å²) < 4.78 is 1.87. The summed E-state index contributed by atoms with van der Waals surface area (Å²) in [6.45, 7) is 5.52. The Labute approximate surface area is 119 Å². The van der Waals surface area contributed by atoms with E-state index in [9.17, 15) is 4.79 Å². The second-order valence-corrected chi connectivity index (χ2v) is 5.34. The van der Waals surface area contributed by atoms with Crippen LogP contribution in [0, 0.1) is 13.8 Å². The molecule has 0 aliphatic heterocycles. The van der Waals surface area contributed by atoms with Crippen molar-refractivity contribution in [1.29, 1.82) is 0 Å². The van der Waals surface area contributed by atoms with E-state index in [2.05, 4.69) is 15.2 Å². The number of aryl methyl sites for hydroxylation is 2. The minimum atomic E-state index is -0.0562. The largest absolute Gasteiger partial charge is 0.351 e. The Bertz CT molecular complexity index is 616. The highest BCUT2D eigenvalue weighted by atomic mass is 16.1. The van der Waals surface area contributed by atoms with Crippen LogP contribution >= 0.6 is 0 Å². The van der Waals surface area contributed by atoms with Crippen LogP contribution in [0.25, 0.3) is 5.65 Å². The molecule has 0 atom stereocenters. The molecule has 0 radical (unpaired) electrons. The molecule has 5 heteroatoms. The summed E-state index contributed by atoms with van der Waals surface area (Å²) in [6, 6.07) is 3.94. The van der Waals surface area contributed by atoms with Crippen LogP contribution in [0.2, 0.25) is 0 Å². The highest BCUT2D eigenvalue weighted by molar-refractivity contribution is 5.94. The molecule has 0 unspecified atom stereocenters. The van der Waals surface area contributed by atoms with Gasteiger partial charge in [-0.1, -0.05) is 6.07 Å². The maximum atomic E-state index is 12.3. The summed E-state index contributed by atoms with van der Waals surface area (Å²) in [4.78, 5) is 18.9. The number of fused-ring (bicyclic) bond motifs is 1. The lowest BCUT2D eigenvalue weighted by atomic mass is 10.3. The average molecular weight is 274 g/mol. The zero-order chi connectivity index (χ0) is 14.7. The van der Waals surface area contributed by atoms with E-state index in [1.165, 1.54) is 0 Å². The second-order valence-electron chi connectivity index (χ2n) is 5.34. The first-order valence-electron chi connectivity index (χ1n) is 6.88. The molecule has 0 aliphatic rings. The Hall–Kier alpha value is -1.88. The molecular formula is C15H22N4O. The highest BCUT2D eigenvalue weighted by Gasteiger charge is 2.16. The first kappa shape index (κ1) is 14.5. The Morgan fingerprint density at radius 1 is 1.40 bits per heavy atom. The van der Waals surface area contributed by atoms with Crippen LogP contribution in [0.15, 0.2) is 18.3 Å². The van der Waals surface area contributed by atoms with E-state index in [0.717, 1.165) is 29.9 Å². The van der Waals surface area contributed by atoms with Gasteiger partial charge in [0.15, 0.2) is 0 Å². The monoisotopic (exact) mass is 274 g/mol. The Morgan fingerprint density at radius 2 is 2.15 bits per heavy atom. The predicted molar refractivity (Wildman–Crippen MR) is 80.2 cm³/mol. The summed E-state index contributed by atoms with van der Waals surface area (Å²) in [7, 11) is 4.05. The fraction of sp³-hybridized carbons (Fsp3) is 0.467. The molecular weight excluding hydrogens is 252 g/mol. The Morgan fingerprint density at radius 3 is 2.85 bits per heavy atom. The van der Waals surface area contributed by atoms with Gasteiger partial charge in [0, 0.05) is 12.7 Å². The number of amides is 1. The van der Waals surface area contributed by atoms with Crippen molar-refractivity contribution in [2.75, 3.05) is 27.2 Å². The van der Waals surface area contributed by atoms with Crippen LogP contribution in [0.4, 0.5) is 0 Å². The summed E-state index contributed by atoms with van der Waals surface area (Å²) >= 11 is 0. The molecule has 2 rings (SSSR count). The van der Waals surface area contributed by atoms with Crippen LogP contribution < -0.4 is 5.32 Å². The normalized spacial score (nSPS) is 11.2. The summed E-state index contributed by atoms with van der Waals surface area (Å²) in [5, 5.41) is 2.97. The van der Waals surface area contributed by atoms with Crippen LogP contribution in [0.5, 0.6) is 0 Å². The third kappa shape index (κ3) is 2.99. The molecule has 5 nitrogen and oxygen atoms in total. The van der Waals surface area contributed by atoms with Crippen molar-refractivity contribution in [2.45, 2.75) is 20.3 Å². The van der Waals surface area contributed by atoms with Crippen molar-refractivity contribution in [3.8, 4) is 0 Å². The first-order valence-corrected chi connectivity index (χ1v) is 6.88. The fourth-order valence-corrected chi connectivity index (χ4v) is 2.27. The molecule has 20 heavy (non-hydrogen) atoms. The van der Waals surface area contributed by atoms with Crippen LogP contribution in [0.3, 0.4) is 0 Å². The highest BCUT2D eigenvalue weighted by Crippen LogP contribution is 2.15. The van der Waals surface area contributed by atoms with Gasteiger partial charge in [0.2, 0.25) is 0 Å². The molecule has 2 aromatic heterocycles. The maximum Gasteiger partial charge on any atom is 0.270 e. The van der Waals surface area contributed by atoms with Gasteiger partial charge in [-0.15, -0.1) is 0 Å². The molecule has 0 bridgehead atoms. The third-order valence-electron chi connectivity index (χ3n) is 3.30. The molecule has 1 amide bonds. The lowest BCUT2D eigenvalue weighted by molar-refractivity contribution is 0.0946. The summed E-state index contributed by atoms with van der Waals surface area (Å²) in [6.07, 6.45) is 2.82. The van der Waals surface area contributed by atoms with Crippen molar-refractivity contribution in [1.82, 2.24) is 19.6 Å². The topological polar surface area (TPSA) is 49.6 Å². The minimum Gasteiger partial charge on any atom is -0.351 e. The summed E-state index contributed by atoms with van der Waals surface area (Å²) in [5.41, 5.74) is 3.32. The number of carbonyl (C=O) groups is 1. The Balaban J connectivity index is 2.14. The number of nitrogens with zero attached hydrogens (tertiary/aromatic N) is 3. The van der Waals surface area contributed by atoms with Gasteiger partial charge in [-0.25, -0.2) is 4.98 Å². The van der Waals surface area contributed by atoms with Gasteiger partial charge in [-0.05, 0) is 52.5 Å². The van der Waals surface area contributed by atoms with Gasteiger partial charge in [-0.3, -0.25) is 9.20 Å². The standard InChI is InChI=1S/C15H22N4O/c1-11-7-5-10-19-13(12(2)17-14(11)19)15(20)16-8-6-9-18(3)4/h5,7,10H,6,8-9H2,1-4H3,(H,16,20). The lowest BCUT2D eigenvalue weighted by Gasteiger charge is -2.10. The van der Waals surface area contributed by atoms with Crippen molar-refractivity contribution in [2.24, 2.45) is 0 Å². The second kappa shape index (κ2) is 6.05. The quantitative estimate of drug-likeness (QED) is 0.843. The van der Waals surface area contributed by atoms with Gasteiger partial charge in [0.25, 0.3) is 5.91 Å². The smallest absolute Gasteiger partial charge is 0.270 e. The first-order chi connectivity index (χ1) is 9.50. The van der Waals surface area contributed by atoms with E-state index in [1.54, 1.807) is 0 Å². The maximum absolute atomic E-state index is 12.3. The molecule has 108 valence electrons. The van der Waals surface area contributed by atoms with E-state index in [0.29, 0.717) is 12.2 Å². The number of hydrogen-bond donors (Lipinski definition) is 1. The van der Waals surface area contributed by atoms with Gasteiger partial charge < -0.3 is 10.2 Å². The number of carbonyl (C=O) groups excluding carboxylic acids is 1. The van der Waals surface area contributed by atoms with E-state index in [-0.39, 0.29) is 5.91 Å². The molecule has 0 saturated heterocycles. The molecule has 0 aromatic carbocycles. The molecule has 2 aromatic rings. The lowest BCUT2D eigenvalue weighted by Crippen LogP contribution is -2.28. The number of hydrogen-bond acceptors (Lipinski definition) is 3. The van der Waals surface area contributed by atoms with Gasteiger partial charge in [0.1, 0.15) is 11.3 Å². The molecule has 0 saturated carbocycles. The zero-order valence-corrected chi connectivity index (χ0v) is 12.6. The van der Waals surface area contributed by atoms with Crippen molar-refractivity contribution < 1.29 is 4.79 Å². The molecule has 0 fully saturated rings. The number of aromatic nitrogens is 2.